The first-order valence-electron chi connectivity index (χ1n) is 12.7. The first-order chi connectivity index (χ1) is 15.4. The van der Waals surface area contributed by atoms with Crippen molar-refractivity contribution in [3.63, 3.8) is 0 Å². The molecule has 1 unspecified atom stereocenters. The van der Waals surface area contributed by atoms with E-state index < -0.39 is 23.6 Å². The first kappa shape index (κ1) is 26.3. The van der Waals surface area contributed by atoms with Gasteiger partial charge in [0.25, 0.3) is 0 Å². The van der Waals surface area contributed by atoms with Gasteiger partial charge in [-0.25, -0.2) is 0 Å². The SMILES string of the molecule is CC(O)(CCC[C@H]1CC[C@H]2[C@@H]3CC=C4C[C@](O)(C(F)(F)F)CC[C@]4(C)[C@H]3CC[C@]12C)C(F)(F)F. The smallest absolute Gasteiger partial charge is 0.381 e. The van der Waals surface area contributed by atoms with Gasteiger partial charge in [-0.15, -0.1) is 0 Å². The second-order valence-corrected chi connectivity index (χ2v) is 12.4. The Morgan fingerprint density at radius 2 is 1.65 bits per heavy atom. The molecule has 0 spiro atoms. The highest BCUT2D eigenvalue weighted by Crippen LogP contribution is 2.67. The molecule has 4 rings (SSSR count). The highest BCUT2D eigenvalue weighted by molar-refractivity contribution is 5.27. The normalized spacial score (nSPS) is 44.5. The van der Waals surface area contributed by atoms with E-state index in [9.17, 15) is 36.6 Å². The minimum atomic E-state index is -4.63. The fourth-order valence-corrected chi connectivity index (χ4v) is 8.31. The van der Waals surface area contributed by atoms with Gasteiger partial charge in [-0.1, -0.05) is 25.5 Å². The van der Waals surface area contributed by atoms with Gasteiger partial charge in [-0.2, -0.15) is 26.3 Å². The summed E-state index contributed by atoms with van der Waals surface area (Å²) in [6.45, 7) is 5.19. The Hall–Kier alpha value is -0.760. The van der Waals surface area contributed by atoms with E-state index in [-0.39, 0.29) is 36.0 Å². The molecular formula is C26H38F6O2. The number of hydrogen-bond donors (Lipinski definition) is 2. The number of hydrogen-bond acceptors (Lipinski definition) is 2. The zero-order chi connectivity index (χ0) is 25.4. The Balaban J connectivity index is 1.47. The fraction of sp³-hybridized carbons (Fsp3) is 0.923. The predicted octanol–water partition coefficient (Wildman–Crippen LogP) is 7.34. The molecule has 0 aromatic rings. The van der Waals surface area contributed by atoms with Crippen molar-refractivity contribution in [3.8, 4) is 0 Å². The van der Waals surface area contributed by atoms with Crippen LogP contribution in [0.2, 0.25) is 0 Å². The van der Waals surface area contributed by atoms with Crippen LogP contribution in [0.25, 0.3) is 0 Å². The van der Waals surface area contributed by atoms with Crippen LogP contribution in [0.3, 0.4) is 0 Å². The molecule has 0 bridgehead atoms. The Kier molecular flexibility index (Phi) is 6.28. The summed E-state index contributed by atoms with van der Waals surface area (Å²) in [5.74, 6) is 1.38. The van der Waals surface area contributed by atoms with E-state index in [0.717, 1.165) is 44.6 Å². The van der Waals surface area contributed by atoms with Gasteiger partial charge in [0.2, 0.25) is 0 Å². The largest absolute Gasteiger partial charge is 0.417 e. The molecule has 0 aromatic carbocycles. The maximum Gasteiger partial charge on any atom is 0.417 e. The van der Waals surface area contributed by atoms with Gasteiger partial charge in [0.15, 0.2) is 11.2 Å². The highest BCUT2D eigenvalue weighted by Gasteiger charge is 2.63. The van der Waals surface area contributed by atoms with Gasteiger partial charge >= 0.3 is 12.4 Å². The lowest BCUT2D eigenvalue weighted by Crippen LogP contribution is -2.55. The molecule has 3 saturated carbocycles. The summed E-state index contributed by atoms with van der Waals surface area (Å²) in [6, 6.07) is 0. The third-order valence-electron chi connectivity index (χ3n) is 10.7. The standard InChI is InChI=1S/C26H38F6O2/c1-21-12-10-20-18(8-6-17-15-24(34,26(30,31)32)14-13-22(17,20)2)19(21)9-7-16(21)5-4-11-23(3,33)25(27,28)29/h6,16,18-20,33-34H,4-5,7-15H2,1-3H3/t16-,18-,19-,20-,21+,22-,23?,24-/m0/s1. The maximum atomic E-state index is 13.5. The second-order valence-electron chi connectivity index (χ2n) is 12.4. The number of allylic oxidation sites excluding steroid dienone is 1. The molecule has 0 amide bonds. The minimum absolute atomic E-state index is 0.0222. The molecule has 4 aliphatic rings. The molecule has 196 valence electrons. The molecule has 4 aliphatic carbocycles. The zero-order valence-electron chi connectivity index (χ0n) is 20.3. The number of fused-ring (bicyclic) bond motifs is 5. The van der Waals surface area contributed by atoms with Crippen molar-refractivity contribution < 1.29 is 36.6 Å². The van der Waals surface area contributed by atoms with Crippen molar-refractivity contribution in [1.82, 2.24) is 0 Å². The molecule has 0 aliphatic heterocycles. The molecular weight excluding hydrogens is 458 g/mol. The van der Waals surface area contributed by atoms with E-state index in [0.29, 0.717) is 37.0 Å². The third-order valence-corrected chi connectivity index (χ3v) is 10.7. The predicted molar refractivity (Wildman–Crippen MR) is 117 cm³/mol. The molecule has 3 fully saturated rings. The lowest BCUT2D eigenvalue weighted by molar-refractivity contribution is -0.271. The monoisotopic (exact) mass is 496 g/mol. The molecule has 8 heteroatoms. The Morgan fingerprint density at radius 3 is 2.26 bits per heavy atom. The van der Waals surface area contributed by atoms with E-state index in [1.165, 1.54) is 0 Å². The van der Waals surface area contributed by atoms with Crippen LogP contribution in [0.1, 0.15) is 91.4 Å². The van der Waals surface area contributed by atoms with Crippen molar-refractivity contribution in [2.45, 2.75) is 115 Å². The zero-order valence-corrected chi connectivity index (χ0v) is 20.3. The Labute approximate surface area is 198 Å². The van der Waals surface area contributed by atoms with E-state index in [1.807, 2.05) is 6.08 Å². The second kappa shape index (κ2) is 8.12. The van der Waals surface area contributed by atoms with Crippen LogP contribution in [-0.2, 0) is 0 Å². The highest BCUT2D eigenvalue weighted by atomic mass is 19.4. The molecule has 2 nitrogen and oxygen atoms in total. The summed E-state index contributed by atoms with van der Waals surface area (Å²) in [5, 5.41) is 20.1. The van der Waals surface area contributed by atoms with Gasteiger partial charge in [0, 0.05) is 6.42 Å². The van der Waals surface area contributed by atoms with Crippen LogP contribution in [0.5, 0.6) is 0 Å². The van der Waals surface area contributed by atoms with E-state index in [1.54, 1.807) is 0 Å². The van der Waals surface area contributed by atoms with Gasteiger partial charge in [0.1, 0.15) is 0 Å². The fourth-order valence-electron chi connectivity index (χ4n) is 8.31. The van der Waals surface area contributed by atoms with Crippen molar-refractivity contribution in [3.05, 3.63) is 11.6 Å². The average molecular weight is 497 g/mol. The summed E-state index contributed by atoms with van der Waals surface area (Å²) < 4.78 is 79.5. The number of aliphatic hydroxyl groups is 2. The number of halogens is 6. The summed E-state index contributed by atoms with van der Waals surface area (Å²) >= 11 is 0. The van der Waals surface area contributed by atoms with Crippen molar-refractivity contribution >= 4 is 0 Å². The molecule has 0 heterocycles. The lowest BCUT2D eigenvalue weighted by atomic mass is 9.46. The minimum Gasteiger partial charge on any atom is -0.381 e. The van der Waals surface area contributed by atoms with Crippen LogP contribution in [0.4, 0.5) is 26.3 Å². The number of alkyl halides is 6. The van der Waals surface area contributed by atoms with Crippen LogP contribution in [0.15, 0.2) is 11.6 Å². The Bertz CT molecular complexity index is 817. The van der Waals surface area contributed by atoms with E-state index >= 15 is 0 Å². The van der Waals surface area contributed by atoms with E-state index in [4.69, 9.17) is 0 Å². The molecule has 2 N–H and O–H groups in total. The summed E-state index contributed by atoms with van der Waals surface area (Å²) in [4.78, 5) is 0. The summed E-state index contributed by atoms with van der Waals surface area (Å²) in [6.07, 6.45) is -2.35. The van der Waals surface area contributed by atoms with E-state index in [2.05, 4.69) is 13.8 Å². The quantitative estimate of drug-likeness (QED) is 0.316. The number of rotatable bonds is 4. The summed E-state index contributed by atoms with van der Waals surface area (Å²) in [5.41, 5.74) is -4.85. The molecule has 0 saturated heterocycles. The first-order valence-corrected chi connectivity index (χ1v) is 12.7. The van der Waals surface area contributed by atoms with Crippen LogP contribution < -0.4 is 0 Å². The molecule has 0 aromatic heterocycles. The van der Waals surface area contributed by atoms with Crippen molar-refractivity contribution in [2.24, 2.45) is 34.5 Å². The molecule has 34 heavy (non-hydrogen) atoms. The van der Waals surface area contributed by atoms with Gasteiger partial charge < -0.3 is 10.2 Å². The topological polar surface area (TPSA) is 40.5 Å². The van der Waals surface area contributed by atoms with Gasteiger partial charge in [-0.05, 0) is 106 Å². The molecule has 0 radical (unpaired) electrons. The molecule has 8 atom stereocenters. The van der Waals surface area contributed by atoms with Crippen LogP contribution in [-0.4, -0.2) is 33.8 Å². The average Bonchev–Trinajstić information content (AvgIpc) is 3.03. The van der Waals surface area contributed by atoms with Crippen molar-refractivity contribution in [2.75, 3.05) is 0 Å². The third kappa shape index (κ3) is 4.03. The van der Waals surface area contributed by atoms with Gasteiger partial charge in [-0.3, -0.25) is 0 Å². The van der Waals surface area contributed by atoms with Gasteiger partial charge in [0.05, 0.1) is 0 Å². The van der Waals surface area contributed by atoms with Crippen molar-refractivity contribution in [1.29, 1.82) is 0 Å². The summed E-state index contributed by atoms with van der Waals surface area (Å²) in [7, 11) is 0. The van der Waals surface area contributed by atoms with Crippen LogP contribution >= 0.6 is 0 Å². The Morgan fingerprint density at radius 1 is 0.971 bits per heavy atom. The van der Waals surface area contributed by atoms with Crippen LogP contribution in [0, 0.1) is 34.5 Å². The maximum absolute atomic E-state index is 13.5. The lowest BCUT2D eigenvalue weighted by Gasteiger charge is -2.59.